The molecule has 288 valence electrons. The average molecular weight is 780 g/mol. The van der Waals surface area contributed by atoms with E-state index in [2.05, 4.69) is 194 Å². The first kappa shape index (κ1) is 36.3. The fraction of sp³-hybridized carbons (Fsp3) is 0.0517. The van der Waals surface area contributed by atoms with E-state index in [1.165, 1.54) is 61.2 Å². The third-order valence-corrected chi connectivity index (χ3v) is 12.4. The monoisotopic (exact) mass is 779 g/mol. The van der Waals surface area contributed by atoms with Gasteiger partial charge in [0.1, 0.15) is 0 Å². The van der Waals surface area contributed by atoms with Crippen molar-refractivity contribution in [3.8, 4) is 56.2 Å². The number of benzene rings is 8. The van der Waals surface area contributed by atoms with Gasteiger partial charge in [-0.05, 0) is 85.8 Å². The normalized spacial score (nSPS) is 14.8. The second-order valence-corrected chi connectivity index (χ2v) is 15.9. The lowest BCUT2D eigenvalue weighted by molar-refractivity contribution is 0.767. The molecule has 1 atom stereocenters. The molecule has 0 bridgehead atoms. The summed E-state index contributed by atoms with van der Waals surface area (Å²) in [5.74, 6) is 2.12. The summed E-state index contributed by atoms with van der Waals surface area (Å²) in [4.78, 5) is 15.1. The van der Waals surface area contributed by atoms with Crippen molar-refractivity contribution in [2.45, 2.75) is 17.8 Å². The first-order valence-corrected chi connectivity index (χ1v) is 21.0. The Morgan fingerprint density at radius 1 is 0.377 bits per heavy atom. The van der Waals surface area contributed by atoms with Crippen molar-refractivity contribution in [2.24, 2.45) is 0 Å². The van der Waals surface area contributed by atoms with Gasteiger partial charge in [-0.25, -0.2) is 15.0 Å². The van der Waals surface area contributed by atoms with Crippen LogP contribution in [-0.4, -0.2) is 15.0 Å². The fourth-order valence-electron chi connectivity index (χ4n) is 9.51. The quantitative estimate of drug-likeness (QED) is 0.154. The summed E-state index contributed by atoms with van der Waals surface area (Å²) in [7, 11) is 0. The van der Waals surface area contributed by atoms with E-state index in [4.69, 9.17) is 15.0 Å². The van der Waals surface area contributed by atoms with Crippen LogP contribution in [0.25, 0.3) is 61.7 Å². The number of aromatic nitrogens is 3. The summed E-state index contributed by atoms with van der Waals surface area (Å²) in [5.41, 5.74) is 16.3. The molecule has 0 aliphatic heterocycles. The van der Waals surface area contributed by atoms with Gasteiger partial charge in [0.15, 0.2) is 17.5 Å². The number of fused-ring (bicyclic) bond motifs is 3. The van der Waals surface area contributed by atoms with Crippen LogP contribution in [0.5, 0.6) is 0 Å². The Labute approximate surface area is 357 Å². The zero-order valence-corrected chi connectivity index (χ0v) is 33.6. The van der Waals surface area contributed by atoms with Crippen LogP contribution in [-0.2, 0) is 5.41 Å². The average Bonchev–Trinajstić information content (AvgIpc) is 3.65. The third-order valence-electron chi connectivity index (χ3n) is 12.4. The Kier molecular flexibility index (Phi) is 9.20. The molecule has 61 heavy (non-hydrogen) atoms. The highest BCUT2D eigenvalue weighted by Gasteiger charge is 2.46. The Bertz CT molecular complexity index is 2990. The molecule has 0 amide bonds. The van der Waals surface area contributed by atoms with Gasteiger partial charge >= 0.3 is 0 Å². The summed E-state index contributed by atoms with van der Waals surface area (Å²) in [6, 6.07) is 76.3. The molecule has 11 rings (SSSR count). The van der Waals surface area contributed by atoms with Gasteiger partial charge in [0.2, 0.25) is 0 Å². The van der Waals surface area contributed by atoms with Crippen molar-refractivity contribution < 1.29 is 0 Å². The highest BCUT2D eigenvalue weighted by Crippen LogP contribution is 2.58. The van der Waals surface area contributed by atoms with Crippen LogP contribution in [0.2, 0.25) is 0 Å². The topological polar surface area (TPSA) is 38.7 Å². The molecule has 9 aromatic rings. The summed E-state index contributed by atoms with van der Waals surface area (Å²) in [6.07, 6.45) is 7.69. The molecule has 0 fully saturated rings. The van der Waals surface area contributed by atoms with Crippen LogP contribution in [0.1, 0.15) is 46.0 Å². The molecule has 0 saturated carbocycles. The van der Waals surface area contributed by atoms with Gasteiger partial charge < -0.3 is 0 Å². The molecule has 3 nitrogen and oxygen atoms in total. The van der Waals surface area contributed by atoms with Crippen LogP contribution in [0.3, 0.4) is 0 Å². The molecule has 3 heteroatoms. The lowest BCUT2D eigenvalue weighted by atomic mass is 9.67. The minimum absolute atomic E-state index is 0.115. The van der Waals surface area contributed by atoms with Crippen LogP contribution in [0.15, 0.2) is 231 Å². The second kappa shape index (κ2) is 15.4. The van der Waals surface area contributed by atoms with Crippen molar-refractivity contribution in [1.29, 1.82) is 0 Å². The predicted molar refractivity (Wildman–Crippen MR) is 250 cm³/mol. The maximum absolute atomic E-state index is 5.06. The number of rotatable bonds is 8. The molecule has 2 aliphatic rings. The molecule has 1 unspecified atom stereocenters. The van der Waals surface area contributed by atoms with Crippen molar-refractivity contribution in [1.82, 2.24) is 15.0 Å². The van der Waals surface area contributed by atoms with Gasteiger partial charge in [0.25, 0.3) is 0 Å². The fourth-order valence-corrected chi connectivity index (χ4v) is 9.51. The Morgan fingerprint density at radius 2 is 0.885 bits per heavy atom. The summed E-state index contributed by atoms with van der Waals surface area (Å²) >= 11 is 0. The number of nitrogens with zero attached hydrogens (tertiary/aromatic N) is 3. The molecule has 0 saturated heterocycles. The number of hydrogen-bond acceptors (Lipinski definition) is 3. The van der Waals surface area contributed by atoms with Crippen molar-refractivity contribution in [3.63, 3.8) is 0 Å². The summed E-state index contributed by atoms with van der Waals surface area (Å²) < 4.78 is 0. The molecule has 0 radical (unpaired) electrons. The zero-order chi connectivity index (χ0) is 40.6. The Hall–Kier alpha value is -7.75. The first-order valence-electron chi connectivity index (χ1n) is 21.0. The minimum Gasteiger partial charge on any atom is -0.208 e. The standard InChI is InChI=1S/C58H41N3/c1-6-19-40(20-7-1)45-25-18-26-46(37-45)51-39-54-52(49-31-16-17-32-53(49)58(54,47-27-12-4-13-28-47)48-29-14-5-15-30-48)38-50(51)41-33-35-44(36-34-41)57-60-55(42-21-8-2-9-22-42)59-56(61-57)43-23-10-3-11-24-43/h1-33,35-39,41H,34H2. The molecule has 8 aromatic carbocycles. The SMILES string of the molecule is C1=CC(c2cc3c(cc2-c2cccc(-c4ccccc4)c2)C(c2ccccc2)(c2ccccc2)c2ccccc2-3)CC=C1c1nc(-c2ccccc2)nc(-c2ccccc2)n1. The van der Waals surface area contributed by atoms with E-state index in [0.29, 0.717) is 17.5 Å². The first-order chi connectivity index (χ1) is 30.2. The van der Waals surface area contributed by atoms with E-state index in [9.17, 15) is 0 Å². The maximum Gasteiger partial charge on any atom is 0.164 e. The molecule has 2 aliphatic carbocycles. The minimum atomic E-state index is -0.500. The molecular weight excluding hydrogens is 739 g/mol. The predicted octanol–water partition coefficient (Wildman–Crippen LogP) is 14.0. The van der Waals surface area contributed by atoms with E-state index < -0.39 is 5.41 Å². The Morgan fingerprint density at radius 3 is 1.48 bits per heavy atom. The highest BCUT2D eigenvalue weighted by atomic mass is 15.0. The number of hydrogen-bond donors (Lipinski definition) is 0. The van der Waals surface area contributed by atoms with Gasteiger partial charge in [-0.3, -0.25) is 0 Å². The second-order valence-electron chi connectivity index (χ2n) is 15.9. The van der Waals surface area contributed by atoms with Gasteiger partial charge in [-0.2, -0.15) is 0 Å². The molecule has 0 spiro atoms. The van der Waals surface area contributed by atoms with E-state index in [1.807, 2.05) is 36.4 Å². The van der Waals surface area contributed by atoms with Crippen molar-refractivity contribution >= 4 is 5.57 Å². The van der Waals surface area contributed by atoms with Crippen LogP contribution < -0.4 is 0 Å². The Balaban J connectivity index is 1.09. The van der Waals surface area contributed by atoms with Gasteiger partial charge in [-0.15, -0.1) is 0 Å². The lowest BCUT2D eigenvalue weighted by Crippen LogP contribution is -2.28. The third kappa shape index (κ3) is 6.43. The zero-order valence-electron chi connectivity index (χ0n) is 33.6. The molecule has 1 aromatic heterocycles. The summed E-state index contributed by atoms with van der Waals surface area (Å²) in [5, 5.41) is 0. The van der Waals surface area contributed by atoms with E-state index in [1.54, 1.807) is 0 Å². The largest absolute Gasteiger partial charge is 0.208 e. The lowest BCUT2D eigenvalue weighted by Gasteiger charge is -2.34. The molecular formula is C58H41N3. The van der Waals surface area contributed by atoms with E-state index in [0.717, 1.165) is 23.1 Å². The smallest absolute Gasteiger partial charge is 0.164 e. The van der Waals surface area contributed by atoms with Crippen molar-refractivity contribution in [3.05, 3.63) is 264 Å². The van der Waals surface area contributed by atoms with Gasteiger partial charge in [0, 0.05) is 22.6 Å². The van der Waals surface area contributed by atoms with Crippen LogP contribution in [0, 0.1) is 0 Å². The van der Waals surface area contributed by atoms with E-state index >= 15 is 0 Å². The van der Waals surface area contributed by atoms with Crippen LogP contribution >= 0.6 is 0 Å². The number of allylic oxidation sites excluding steroid dienone is 4. The maximum atomic E-state index is 5.06. The van der Waals surface area contributed by atoms with Crippen LogP contribution in [0.4, 0.5) is 0 Å². The van der Waals surface area contributed by atoms with Crippen molar-refractivity contribution in [2.75, 3.05) is 0 Å². The summed E-state index contributed by atoms with van der Waals surface area (Å²) in [6.45, 7) is 0. The van der Waals surface area contributed by atoms with E-state index in [-0.39, 0.29) is 5.92 Å². The van der Waals surface area contributed by atoms with Gasteiger partial charge in [-0.1, -0.05) is 212 Å². The van der Waals surface area contributed by atoms with Gasteiger partial charge in [0.05, 0.1) is 5.41 Å². The molecule has 0 N–H and O–H groups in total. The highest BCUT2D eigenvalue weighted by molar-refractivity contribution is 5.90. The molecule has 1 heterocycles.